The number of hydrogen-bond acceptors (Lipinski definition) is 2. The van der Waals surface area contributed by atoms with E-state index in [0.29, 0.717) is 6.61 Å². The lowest BCUT2D eigenvalue weighted by Crippen LogP contribution is -1.92. The Kier molecular flexibility index (Phi) is 4.61. The molecule has 0 saturated heterocycles. The number of allylic oxidation sites excluding steroid dienone is 1. The highest BCUT2D eigenvalue weighted by molar-refractivity contribution is 5.73. The average Bonchev–Trinajstić information content (AvgIpc) is 2.48. The third-order valence-corrected chi connectivity index (χ3v) is 2.91. The molecule has 0 aliphatic heterocycles. The maximum Gasteiger partial charge on any atom is 0.123 e. The molecular weight excluding hydrogens is 248 g/mol. The molecule has 0 amide bonds. The van der Waals surface area contributed by atoms with Crippen molar-refractivity contribution in [3.8, 4) is 22.6 Å². The van der Waals surface area contributed by atoms with E-state index in [0.717, 1.165) is 22.4 Å². The summed E-state index contributed by atoms with van der Waals surface area (Å²) in [5.41, 5.74) is 2.84. The number of ether oxygens (including phenoxy) is 1. The van der Waals surface area contributed by atoms with Gasteiger partial charge < -0.3 is 9.84 Å². The van der Waals surface area contributed by atoms with Crippen molar-refractivity contribution >= 4 is 6.08 Å². The van der Waals surface area contributed by atoms with Crippen molar-refractivity contribution in [2.24, 2.45) is 0 Å². The molecule has 2 aromatic rings. The zero-order chi connectivity index (χ0) is 14.4. The molecule has 0 unspecified atom stereocenters. The fourth-order valence-corrected chi connectivity index (χ4v) is 1.97. The third kappa shape index (κ3) is 3.29. The quantitative estimate of drug-likeness (QED) is 0.798. The van der Waals surface area contributed by atoms with Crippen LogP contribution in [0.5, 0.6) is 11.5 Å². The molecule has 0 heterocycles. The molecule has 2 nitrogen and oxygen atoms in total. The van der Waals surface area contributed by atoms with Crippen molar-refractivity contribution in [3.63, 3.8) is 0 Å². The van der Waals surface area contributed by atoms with Gasteiger partial charge in [0.05, 0.1) is 0 Å². The Morgan fingerprint density at radius 3 is 2.55 bits per heavy atom. The van der Waals surface area contributed by atoms with Gasteiger partial charge in [-0.15, -0.1) is 0 Å². The van der Waals surface area contributed by atoms with E-state index in [4.69, 9.17) is 4.74 Å². The van der Waals surface area contributed by atoms with E-state index >= 15 is 0 Å². The molecule has 0 fully saturated rings. The number of phenols is 1. The first-order valence-electron chi connectivity index (χ1n) is 6.54. The molecule has 0 aliphatic rings. The second-order valence-electron chi connectivity index (χ2n) is 4.40. The molecule has 0 spiro atoms. The Balaban J connectivity index is 2.30. The Labute approximate surface area is 119 Å². The first-order chi connectivity index (χ1) is 9.74. The monoisotopic (exact) mass is 266 g/mol. The van der Waals surface area contributed by atoms with Gasteiger partial charge in [-0.1, -0.05) is 43.0 Å². The van der Waals surface area contributed by atoms with Gasteiger partial charge in [0.1, 0.15) is 18.1 Å². The third-order valence-electron chi connectivity index (χ3n) is 2.91. The van der Waals surface area contributed by atoms with Crippen LogP contribution in [0.1, 0.15) is 12.5 Å². The lowest BCUT2D eigenvalue weighted by Gasteiger charge is -2.08. The Hall–Kier alpha value is -2.48. The van der Waals surface area contributed by atoms with Crippen LogP contribution >= 0.6 is 0 Å². The number of aromatic hydroxyl groups is 1. The van der Waals surface area contributed by atoms with Gasteiger partial charge in [0.15, 0.2) is 0 Å². The maximum absolute atomic E-state index is 10.00. The zero-order valence-electron chi connectivity index (χ0n) is 11.5. The summed E-state index contributed by atoms with van der Waals surface area (Å²) in [6.07, 6.45) is 5.69. The molecule has 0 saturated carbocycles. The highest BCUT2D eigenvalue weighted by atomic mass is 16.5. The molecule has 0 bridgehead atoms. The summed E-state index contributed by atoms with van der Waals surface area (Å²) in [6, 6.07) is 13.2. The largest absolute Gasteiger partial charge is 0.507 e. The molecular formula is C18H18O2. The molecule has 2 aromatic carbocycles. The summed E-state index contributed by atoms with van der Waals surface area (Å²) in [6.45, 7) is 6.07. The Morgan fingerprint density at radius 1 is 1.15 bits per heavy atom. The lowest BCUT2D eigenvalue weighted by atomic mass is 10.0. The minimum atomic E-state index is 0.276. The summed E-state index contributed by atoms with van der Waals surface area (Å²) in [5.74, 6) is 1.07. The molecule has 0 radical (unpaired) electrons. The smallest absolute Gasteiger partial charge is 0.123 e. The fourth-order valence-electron chi connectivity index (χ4n) is 1.97. The predicted octanol–water partition coefficient (Wildman–Crippen LogP) is 4.66. The average molecular weight is 266 g/mol. The molecule has 1 N–H and O–H groups in total. The van der Waals surface area contributed by atoms with Gasteiger partial charge in [0, 0.05) is 5.56 Å². The van der Waals surface area contributed by atoms with E-state index in [1.54, 1.807) is 12.1 Å². The van der Waals surface area contributed by atoms with E-state index in [1.165, 1.54) is 0 Å². The van der Waals surface area contributed by atoms with Gasteiger partial charge >= 0.3 is 0 Å². The first-order valence-corrected chi connectivity index (χ1v) is 6.54. The van der Waals surface area contributed by atoms with Crippen LogP contribution < -0.4 is 4.74 Å². The van der Waals surface area contributed by atoms with Crippen molar-refractivity contribution in [1.82, 2.24) is 0 Å². The Morgan fingerprint density at radius 2 is 1.90 bits per heavy atom. The predicted molar refractivity (Wildman–Crippen MR) is 83.9 cm³/mol. The lowest BCUT2D eigenvalue weighted by molar-refractivity contribution is 0.363. The van der Waals surface area contributed by atoms with Crippen molar-refractivity contribution in [2.45, 2.75) is 6.92 Å². The molecule has 0 aliphatic carbocycles. The summed E-state index contributed by atoms with van der Waals surface area (Å²) in [4.78, 5) is 0. The number of phenolic OH excluding ortho intramolecular Hbond substituents is 1. The SMILES string of the molecule is C=CCOc1ccc(-c2cc(/C=C/C)ccc2O)cc1. The van der Waals surface area contributed by atoms with Crippen LogP contribution in [0, 0.1) is 0 Å². The van der Waals surface area contributed by atoms with Gasteiger partial charge in [0.25, 0.3) is 0 Å². The van der Waals surface area contributed by atoms with E-state index in [9.17, 15) is 5.11 Å². The number of benzene rings is 2. The van der Waals surface area contributed by atoms with E-state index in [2.05, 4.69) is 6.58 Å². The van der Waals surface area contributed by atoms with Gasteiger partial charge in [-0.25, -0.2) is 0 Å². The first kappa shape index (κ1) is 13.9. The van der Waals surface area contributed by atoms with Crippen LogP contribution in [0.25, 0.3) is 17.2 Å². The van der Waals surface area contributed by atoms with Crippen molar-refractivity contribution in [2.75, 3.05) is 6.61 Å². The van der Waals surface area contributed by atoms with Gasteiger partial charge in [-0.3, -0.25) is 0 Å². The van der Waals surface area contributed by atoms with Crippen LogP contribution in [0.3, 0.4) is 0 Å². The molecule has 0 aromatic heterocycles. The van der Waals surface area contributed by atoms with Gasteiger partial charge in [0.2, 0.25) is 0 Å². The summed E-state index contributed by atoms with van der Waals surface area (Å²) in [7, 11) is 0. The number of rotatable bonds is 5. The standard InChI is InChI=1S/C18H18O2/c1-3-5-14-6-11-18(19)17(13-14)15-7-9-16(10-8-15)20-12-4-2/h3-11,13,19H,2,12H2,1H3/b5-3+. The van der Waals surface area contributed by atoms with Crippen LogP contribution in [-0.4, -0.2) is 11.7 Å². The maximum atomic E-state index is 10.00. The molecule has 2 rings (SSSR count). The second kappa shape index (κ2) is 6.62. The van der Waals surface area contributed by atoms with Crippen molar-refractivity contribution < 1.29 is 9.84 Å². The van der Waals surface area contributed by atoms with E-state index < -0.39 is 0 Å². The van der Waals surface area contributed by atoms with Crippen LogP contribution in [-0.2, 0) is 0 Å². The minimum Gasteiger partial charge on any atom is -0.507 e. The fraction of sp³-hybridized carbons (Fsp3) is 0.111. The normalized spacial score (nSPS) is 10.7. The molecule has 102 valence electrons. The number of hydrogen-bond donors (Lipinski definition) is 1. The van der Waals surface area contributed by atoms with Gasteiger partial charge in [-0.05, 0) is 42.3 Å². The van der Waals surface area contributed by atoms with E-state index in [-0.39, 0.29) is 5.75 Å². The minimum absolute atomic E-state index is 0.276. The molecule has 2 heteroatoms. The summed E-state index contributed by atoms with van der Waals surface area (Å²) >= 11 is 0. The second-order valence-corrected chi connectivity index (χ2v) is 4.40. The Bertz CT molecular complexity index is 610. The topological polar surface area (TPSA) is 29.5 Å². The van der Waals surface area contributed by atoms with Crippen LogP contribution in [0.2, 0.25) is 0 Å². The summed E-state index contributed by atoms with van der Waals surface area (Å²) in [5, 5.41) is 10.00. The van der Waals surface area contributed by atoms with Crippen LogP contribution in [0.4, 0.5) is 0 Å². The van der Waals surface area contributed by atoms with Crippen LogP contribution in [0.15, 0.2) is 61.2 Å². The molecule has 20 heavy (non-hydrogen) atoms. The molecule has 0 atom stereocenters. The van der Waals surface area contributed by atoms with E-state index in [1.807, 2.05) is 55.5 Å². The summed E-state index contributed by atoms with van der Waals surface area (Å²) < 4.78 is 5.45. The van der Waals surface area contributed by atoms with Crippen molar-refractivity contribution in [3.05, 3.63) is 66.8 Å². The highest BCUT2D eigenvalue weighted by Gasteiger charge is 2.05. The zero-order valence-corrected chi connectivity index (χ0v) is 11.5. The highest BCUT2D eigenvalue weighted by Crippen LogP contribution is 2.31. The van der Waals surface area contributed by atoms with Gasteiger partial charge in [-0.2, -0.15) is 0 Å². The van der Waals surface area contributed by atoms with Crippen molar-refractivity contribution in [1.29, 1.82) is 0 Å².